The Morgan fingerprint density at radius 1 is 1.45 bits per heavy atom. The van der Waals surface area contributed by atoms with Crippen LogP contribution in [0.1, 0.15) is 10.4 Å². The van der Waals surface area contributed by atoms with E-state index in [1.165, 1.54) is 7.11 Å². The number of halogens is 1. The number of esters is 1. The number of carbonyl (C=O) groups excluding carboxylic acids is 1. The molecule has 1 heterocycles. The quantitative estimate of drug-likeness (QED) is 0.669. The predicted octanol–water partition coefficient (Wildman–Crippen LogP) is 1.45. The highest BCUT2D eigenvalue weighted by molar-refractivity contribution is 8.93. The van der Waals surface area contributed by atoms with E-state index in [1.54, 1.807) is 24.5 Å². The maximum atomic E-state index is 10.8. The molecule has 4 heteroatoms. The first kappa shape index (κ1) is 10.1. The number of nitrogens with zero attached hydrogens (tertiary/aromatic N) is 1. The van der Waals surface area contributed by atoms with E-state index in [9.17, 15) is 4.79 Å². The SMILES string of the molecule is Br.COC(=O)c1ccncc1. The van der Waals surface area contributed by atoms with Crippen LogP contribution < -0.4 is 0 Å². The van der Waals surface area contributed by atoms with Gasteiger partial charge < -0.3 is 4.74 Å². The molecule has 1 aromatic rings. The summed E-state index contributed by atoms with van der Waals surface area (Å²) in [6, 6.07) is 3.21. The van der Waals surface area contributed by atoms with Crippen molar-refractivity contribution in [2.45, 2.75) is 0 Å². The molecule has 0 aliphatic rings. The Labute approximate surface area is 75.2 Å². The lowest BCUT2D eigenvalue weighted by Gasteiger charge is -1.95. The zero-order valence-corrected chi connectivity index (χ0v) is 7.69. The molecule has 1 aromatic heterocycles. The minimum absolute atomic E-state index is 0. The van der Waals surface area contributed by atoms with Crippen LogP contribution in [0, 0.1) is 0 Å². The first-order valence-electron chi connectivity index (χ1n) is 2.83. The van der Waals surface area contributed by atoms with E-state index in [0.29, 0.717) is 5.56 Å². The van der Waals surface area contributed by atoms with Gasteiger partial charge in [-0.15, -0.1) is 17.0 Å². The third-order valence-corrected chi connectivity index (χ3v) is 1.10. The second-order valence-corrected chi connectivity index (χ2v) is 1.73. The minimum Gasteiger partial charge on any atom is -0.465 e. The molecule has 0 saturated heterocycles. The molecule has 0 aliphatic heterocycles. The second-order valence-electron chi connectivity index (χ2n) is 1.73. The summed E-state index contributed by atoms with van der Waals surface area (Å²) in [7, 11) is 1.35. The van der Waals surface area contributed by atoms with Gasteiger partial charge in [-0.25, -0.2) is 4.79 Å². The topological polar surface area (TPSA) is 39.2 Å². The summed E-state index contributed by atoms with van der Waals surface area (Å²) in [4.78, 5) is 14.5. The van der Waals surface area contributed by atoms with Gasteiger partial charge >= 0.3 is 5.97 Å². The lowest BCUT2D eigenvalue weighted by Crippen LogP contribution is -2.00. The standard InChI is InChI=1S/C7H7NO2.BrH/c1-10-7(9)6-2-4-8-5-3-6;/h2-5H,1H3;1H. The van der Waals surface area contributed by atoms with Crippen molar-refractivity contribution in [2.75, 3.05) is 7.11 Å². The maximum Gasteiger partial charge on any atom is 0.337 e. The van der Waals surface area contributed by atoms with E-state index in [1.807, 2.05) is 0 Å². The van der Waals surface area contributed by atoms with Gasteiger partial charge in [0, 0.05) is 12.4 Å². The van der Waals surface area contributed by atoms with Crippen molar-refractivity contribution in [1.82, 2.24) is 4.98 Å². The summed E-state index contributed by atoms with van der Waals surface area (Å²) in [6.45, 7) is 0. The number of hydrogen-bond donors (Lipinski definition) is 0. The van der Waals surface area contributed by atoms with Crippen LogP contribution in [0.2, 0.25) is 0 Å². The van der Waals surface area contributed by atoms with Gasteiger partial charge in [-0.05, 0) is 12.1 Å². The molecule has 0 fully saturated rings. The fraction of sp³-hybridized carbons (Fsp3) is 0.143. The number of hydrogen-bond acceptors (Lipinski definition) is 3. The van der Waals surface area contributed by atoms with E-state index < -0.39 is 0 Å². The number of ether oxygens (including phenoxy) is 1. The van der Waals surface area contributed by atoms with Gasteiger partial charge in [0.2, 0.25) is 0 Å². The average Bonchev–Trinajstić information content (AvgIpc) is 2.05. The molecule has 0 bridgehead atoms. The Balaban J connectivity index is 0.000001000. The number of pyridine rings is 1. The third kappa shape index (κ3) is 2.67. The highest BCUT2D eigenvalue weighted by Crippen LogP contribution is 1.96. The summed E-state index contributed by atoms with van der Waals surface area (Å²) in [5, 5.41) is 0. The van der Waals surface area contributed by atoms with Crippen LogP contribution in [0.25, 0.3) is 0 Å². The van der Waals surface area contributed by atoms with Gasteiger partial charge in [0.1, 0.15) is 0 Å². The number of aromatic nitrogens is 1. The summed E-state index contributed by atoms with van der Waals surface area (Å²) in [6.07, 6.45) is 3.10. The highest BCUT2D eigenvalue weighted by atomic mass is 79.9. The van der Waals surface area contributed by atoms with Crippen LogP contribution >= 0.6 is 17.0 Å². The van der Waals surface area contributed by atoms with Crippen molar-refractivity contribution >= 4 is 23.0 Å². The highest BCUT2D eigenvalue weighted by Gasteiger charge is 2.01. The van der Waals surface area contributed by atoms with Crippen LogP contribution in [0.15, 0.2) is 24.5 Å². The molecule has 1 rings (SSSR count). The van der Waals surface area contributed by atoms with E-state index in [0.717, 1.165) is 0 Å². The van der Waals surface area contributed by atoms with Crippen LogP contribution in [-0.4, -0.2) is 18.1 Å². The summed E-state index contributed by atoms with van der Waals surface area (Å²) < 4.78 is 4.47. The van der Waals surface area contributed by atoms with Crippen molar-refractivity contribution in [3.8, 4) is 0 Å². The largest absolute Gasteiger partial charge is 0.465 e. The molecule has 0 N–H and O–H groups in total. The molecule has 0 radical (unpaired) electrons. The lowest BCUT2D eigenvalue weighted by molar-refractivity contribution is 0.0600. The smallest absolute Gasteiger partial charge is 0.337 e. The lowest BCUT2D eigenvalue weighted by atomic mass is 10.3. The van der Waals surface area contributed by atoms with Gasteiger partial charge in [0.05, 0.1) is 12.7 Å². The first-order chi connectivity index (χ1) is 4.84. The van der Waals surface area contributed by atoms with Crippen LogP contribution in [-0.2, 0) is 4.74 Å². The van der Waals surface area contributed by atoms with Gasteiger partial charge in [0.15, 0.2) is 0 Å². The molecular weight excluding hydrogens is 210 g/mol. The zero-order chi connectivity index (χ0) is 7.40. The van der Waals surface area contributed by atoms with Gasteiger partial charge in [-0.3, -0.25) is 4.98 Å². The molecule has 0 amide bonds. The summed E-state index contributed by atoms with van der Waals surface area (Å²) in [5.74, 6) is -0.331. The molecular formula is C7H8BrNO2. The summed E-state index contributed by atoms with van der Waals surface area (Å²) in [5.41, 5.74) is 0.525. The van der Waals surface area contributed by atoms with Crippen LogP contribution in [0.3, 0.4) is 0 Å². The Kier molecular flexibility index (Phi) is 4.45. The van der Waals surface area contributed by atoms with Crippen molar-refractivity contribution in [3.63, 3.8) is 0 Å². The third-order valence-electron chi connectivity index (χ3n) is 1.10. The molecule has 0 saturated carbocycles. The Morgan fingerprint density at radius 3 is 2.45 bits per heavy atom. The molecule has 60 valence electrons. The first-order valence-corrected chi connectivity index (χ1v) is 2.83. The molecule has 0 aromatic carbocycles. The van der Waals surface area contributed by atoms with Gasteiger partial charge in [0.25, 0.3) is 0 Å². The average molecular weight is 218 g/mol. The Morgan fingerprint density at radius 2 is 2.00 bits per heavy atom. The Hall–Kier alpha value is -0.900. The second kappa shape index (κ2) is 4.85. The van der Waals surface area contributed by atoms with Crippen LogP contribution in [0.4, 0.5) is 0 Å². The van der Waals surface area contributed by atoms with E-state index in [4.69, 9.17) is 0 Å². The number of carbonyl (C=O) groups is 1. The fourth-order valence-electron chi connectivity index (χ4n) is 0.606. The Bertz CT molecular complexity index is 225. The summed E-state index contributed by atoms with van der Waals surface area (Å²) >= 11 is 0. The van der Waals surface area contributed by atoms with E-state index >= 15 is 0 Å². The van der Waals surface area contributed by atoms with Crippen molar-refractivity contribution in [3.05, 3.63) is 30.1 Å². The fourth-order valence-corrected chi connectivity index (χ4v) is 0.606. The zero-order valence-electron chi connectivity index (χ0n) is 5.98. The molecule has 0 unspecified atom stereocenters. The van der Waals surface area contributed by atoms with E-state index in [-0.39, 0.29) is 23.0 Å². The molecule has 11 heavy (non-hydrogen) atoms. The van der Waals surface area contributed by atoms with Crippen molar-refractivity contribution in [2.24, 2.45) is 0 Å². The number of methoxy groups -OCH3 is 1. The maximum absolute atomic E-state index is 10.8. The van der Waals surface area contributed by atoms with Gasteiger partial charge in [-0.2, -0.15) is 0 Å². The normalized spacial score (nSPS) is 8.09. The number of rotatable bonds is 1. The van der Waals surface area contributed by atoms with E-state index in [2.05, 4.69) is 9.72 Å². The predicted molar refractivity (Wildman–Crippen MR) is 45.9 cm³/mol. The molecule has 0 atom stereocenters. The molecule has 3 nitrogen and oxygen atoms in total. The molecule has 0 spiro atoms. The monoisotopic (exact) mass is 217 g/mol. The molecule has 0 aliphatic carbocycles. The van der Waals surface area contributed by atoms with Crippen LogP contribution in [0.5, 0.6) is 0 Å². The van der Waals surface area contributed by atoms with Crippen molar-refractivity contribution < 1.29 is 9.53 Å². The minimum atomic E-state index is -0.331. The van der Waals surface area contributed by atoms with Gasteiger partial charge in [-0.1, -0.05) is 0 Å². The van der Waals surface area contributed by atoms with Crippen molar-refractivity contribution in [1.29, 1.82) is 0 Å².